The highest BCUT2D eigenvalue weighted by Crippen LogP contribution is 2.65. The first-order valence-electron chi connectivity index (χ1n) is 11.8. The summed E-state index contributed by atoms with van der Waals surface area (Å²) in [4.78, 5) is 11.8. The Labute approximate surface area is 168 Å². The third kappa shape index (κ3) is 4.07. The third-order valence-corrected chi connectivity index (χ3v) is 8.41. The van der Waals surface area contributed by atoms with Crippen LogP contribution in [0.3, 0.4) is 0 Å². The lowest BCUT2D eigenvalue weighted by molar-refractivity contribution is -0.118. The summed E-state index contributed by atoms with van der Waals surface area (Å²) >= 11 is 0. The van der Waals surface area contributed by atoms with Gasteiger partial charge >= 0.3 is 0 Å². The minimum absolute atomic E-state index is 0.0823. The number of allylic oxidation sites excluding steroid dienone is 1. The molecular formula is C25H44O2. The number of carbonyl (C=O) groups is 1. The number of carbonyl (C=O) groups excluding carboxylic acids is 1. The largest absolute Gasteiger partial charge is 0.393 e. The van der Waals surface area contributed by atoms with E-state index in [-0.39, 0.29) is 16.9 Å². The summed E-state index contributed by atoms with van der Waals surface area (Å²) in [5.41, 5.74) is 1.89. The molecule has 0 amide bonds. The molecule has 0 bridgehead atoms. The number of fused-ring (bicyclic) bond motifs is 5. The van der Waals surface area contributed by atoms with Crippen molar-refractivity contribution in [3.8, 4) is 0 Å². The molecule has 0 saturated heterocycles. The van der Waals surface area contributed by atoms with E-state index >= 15 is 0 Å². The second-order valence-electron chi connectivity index (χ2n) is 9.61. The van der Waals surface area contributed by atoms with Crippen molar-refractivity contribution in [3.05, 3.63) is 11.6 Å². The fourth-order valence-corrected chi connectivity index (χ4v) is 6.53. The van der Waals surface area contributed by atoms with E-state index in [0.29, 0.717) is 11.7 Å². The topological polar surface area (TPSA) is 37.3 Å². The predicted octanol–water partition coefficient (Wildman–Crippen LogP) is 6.71. The molecule has 0 spiro atoms. The Balaban J connectivity index is 0.000000389. The van der Waals surface area contributed by atoms with Crippen LogP contribution in [0.5, 0.6) is 0 Å². The molecule has 0 aromatic rings. The molecule has 4 aliphatic rings. The van der Waals surface area contributed by atoms with Gasteiger partial charge in [0, 0.05) is 6.42 Å². The summed E-state index contributed by atoms with van der Waals surface area (Å²) in [6.45, 7) is 13.1. The third-order valence-electron chi connectivity index (χ3n) is 8.41. The lowest BCUT2D eigenvalue weighted by Crippen LogP contribution is -2.51. The average Bonchev–Trinajstić information content (AvgIpc) is 2.99. The van der Waals surface area contributed by atoms with Crippen molar-refractivity contribution in [3.63, 3.8) is 0 Å². The molecular weight excluding hydrogens is 332 g/mol. The molecule has 2 nitrogen and oxygen atoms in total. The van der Waals surface area contributed by atoms with Crippen LogP contribution < -0.4 is 0 Å². The van der Waals surface area contributed by atoms with Gasteiger partial charge in [-0.1, -0.05) is 60.0 Å². The zero-order valence-corrected chi connectivity index (χ0v) is 18.8. The smallest absolute Gasteiger partial charge is 0.155 e. The van der Waals surface area contributed by atoms with Crippen LogP contribution in [-0.2, 0) is 4.79 Å². The summed E-state index contributed by atoms with van der Waals surface area (Å²) in [6, 6.07) is 0. The van der Waals surface area contributed by atoms with Crippen molar-refractivity contribution in [2.24, 2.45) is 28.6 Å². The second-order valence-corrected chi connectivity index (χ2v) is 9.61. The molecule has 3 fully saturated rings. The Morgan fingerprint density at radius 3 is 2.26 bits per heavy atom. The number of unbranched alkanes of at least 4 members (excludes halogenated alkanes) is 1. The maximum atomic E-state index is 11.8. The first-order valence-corrected chi connectivity index (χ1v) is 11.8. The van der Waals surface area contributed by atoms with Crippen LogP contribution in [-0.4, -0.2) is 17.0 Å². The number of aliphatic hydroxyl groups excluding tert-OH is 1. The van der Waals surface area contributed by atoms with Gasteiger partial charge in [-0.25, -0.2) is 0 Å². The summed E-state index contributed by atoms with van der Waals surface area (Å²) < 4.78 is 0. The fraction of sp³-hybridized carbons (Fsp3) is 0.880. The molecule has 4 rings (SSSR count). The van der Waals surface area contributed by atoms with Crippen LogP contribution in [0.25, 0.3) is 0 Å². The maximum absolute atomic E-state index is 11.8. The number of rotatable bonds is 1. The zero-order valence-electron chi connectivity index (χ0n) is 18.8. The van der Waals surface area contributed by atoms with Crippen LogP contribution in [0.2, 0.25) is 0 Å². The highest BCUT2D eigenvalue weighted by atomic mass is 16.3. The van der Waals surface area contributed by atoms with E-state index in [0.717, 1.165) is 37.5 Å². The average molecular weight is 377 g/mol. The van der Waals surface area contributed by atoms with Gasteiger partial charge in [-0.2, -0.15) is 0 Å². The molecule has 156 valence electrons. The number of hydrogen-bond acceptors (Lipinski definition) is 2. The Morgan fingerprint density at radius 2 is 1.63 bits per heavy atom. The molecule has 27 heavy (non-hydrogen) atoms. The highest BCUT2D eigenvalue weighted by molar-refractivity contribution is 5.91. The quantitative estimate of drug-likeness (QED) is 0.552. The molecule has 2 heteroatoms. The molecule has 1 N–H and O–H groups in total. The van der Waals surface area contributed by atoms with Gasteiger partial charge in [0.2, 0.25) is 0 Å². The van der Waals surface area contributed by atoms with Crippen molar-refractivity contribution < 1.29 is 9.90 Å². The van der Waals surface area contributed by atoms with E-state index in [9.17, 15) is 9.90 Å². The van der Waals surface area contributed by atoms with E-state index < -0.39 is 0 Å². The number of hydrogen-bond donors (Lipinski definition) is 1. The lowest BCUT2D eigenvalue weighted by atomic mass is 9.47. The van der Waals surface area contributed by atoms with Gasteiger partial charge in [0.1, 0.15) is 0 Å². The molecule has 0 aromatic heterocycles. The first kappa shape index (κ1) is 22.7. The predicted molar refractivity (Wildman–Crippen MR) is 115 cm³/mol. The normalized spacial score (nSPS) is 42.3. The standard InChI is InChI=1S/C19H28O2.C4H10.C2H6/c1-18-9-7-13(20)11-12(18)3-4-14-15-5-6-17(21)19(15,2)10-8-16(14)18;1-3-4-2;1-2/h11,14-17,21H,3-10H2,1-2H3;3-4H2,1-2H3;1-2H3. The summed E-state index contributed by atoms with van der Waals surface area (Å²) in [7, 11) is 0. The minimum Gasteiger partial charge on any atom is -0.393 e. The molecule has 0 heterocycles. The molecule has 6 unspecified atom stereocenters. The first-order chi connectivity index (χ1) is 12.9. The fourth-order valence-electron chi connectivity index (χ4n) is 6.53. The minimum atomic E-state index is -0.0823. The Morgan fingerprint density at radius 1 is 0.963 bits per heavy atom. The molecule has 6 atom stereocenters. The van der Waals surface area contributed by atoms with Gasteiger partial charge in [-0.3, -0.25) is 4.79 Å². The van der Waals surface area contributed by atoms with Crippen LogP contribution >= 0.6 is 0 Å². The second kappa shape index (κ2) is 9.25. The van der Waals surface area contributed by atoms with Crippen molar-refractivity contribution in [2.45, 2.75) is 112 Å². The van der Waals surface area contributed by atoms with E-state index in [2.05, 4.69) is 27.7 Å². The number of ketones is 1. The van der Waals surface area contributed by atoms with Crippen molar-refractivity contribution in [1.82, 2.24) is 0 Å². The monoisotopic (exact) mass is 376 g/mol. The van der Waals surface area contributed by atoms with Crippen LogP contribution in [0.15, 0.2) is 11.6 Å². The van der Waals surface area contributed by atoms with Gasteiger partial charge in [0.05, 0.1) is 6.10 Å². The van der Waals surface area contributed by atoms with Gasteiger partial charge in [-0.15, -0.1) is 0 Å². The molecule has 0 aromatic carbocycles. The van der Waals surface area contributed by atoms with Crippen molar-refractivity contribution >= 4 is 5.78 Å². The van der Waals surface area contributed by atoms with Gasteiger partial charge in [0.25, 0.3) is 0 Å². The van der Waals surface area contributed by atoms with Crippen LogP contribution in [0, 0.1) is 28.6 Å². The molecule has 0 aliphatic heterocycles. The summed E-state index contributed by atoms with van der Waals surface area (Å²) in [6.07, 6.45) is 13.3. The maximum Gasteiger partial charge on any atom is 0.155 e. The van der Waals surface area contributed by atoms with E-state index in [1.165, 1.54) is 44.1 Å². The Kier molecular flexibility index (Phi) is 7.76. The zero-order chi connectivity index (χ0) is 20.2. The van der Waals surface area contributed by atoms with Gasteiger partial charge in [-0.05, 0) is 79.6 Å². The van der Waals surface area contributed by atoms with E-state index in [1.54, 1.807) is 0 Å². The van der Waals surface area contributed by atoms with E-state index in [1.807, 2.05) is 19.9 Å². The number of aliphatic hydroxyl groups is 1. The molecule has 4 aliphatic carbocycles. The highest BCUT2D eigenvalue weighted by Gasteiger charge is 2.58. The Bertz CT molecular complexity index is 534. The van der Waals surface area contributed by atoms with Crippen molar-refractivity contribution in [1.29, 1.82) is 0 Å². The SMILES string of the molecule is CC.CC12CCC(=O)C=C1CCC1C2CCC2(C)C(O)CCC12.CCCC. The van der Waals surface area contributed by atoms with Gasteiger partial charge < -0.3 is 5.11 Å². The van der Waals surface area contributed by atoms with Gasteiger partial charge in [0.15, 0.2) is 5.78 Å². The lowest BCUT2D eigenvalue weighted by Gasteiger charge is -2.57. The summed E-state index contributed by atoms with van der Waals surface area (Å²) in [5, 5.41) is 10.4. The summed E-state index contributed by atoms with van der Waals surface area (Å²) in [5.74, 6) is 2.57. The molecule has 0 radical (unpaired) electrons. The van der Waals surface area contributed by atoms with Crippen LogP contribution in [0.1, 0.15) is 106 Å². The van der Waals surface area contributed by atoms with Crippen molar-refractivity contribution in [2.75, 3.05) is 0 Å². The van der Waals surface area contributed by atoms with E-state index in [4.69, 9.17) is 0 Å². The molecule has 3 saturated carbocycles. The Hall–Kier alpha value is -0.630. The van der Waals surface area contributed by atoms with Crippen LogP contribution in [0.4, 0.5) is 0 Å².